The van der Waals surface area contributed by atoms with Crippen molar-refractivity contribution >= 4 is 40.6 Å². The summed E-state index contributed by atoms with van der Waals surface area (Å²) in [5, 5.41) is 4.01. The molecule has 0 saturated carbocycles. The third-order valence-electron chi connectivity index (χ3n) is 3.33. The standard InChI is InChI=1S/C15H15N3O2S2/c19-14(8-17-11-22-10-15(17)20)18(7-12-3-5-21-9-12)13-2-1-4-16-6-13/h1-6,9H,7-8,10-11H2. The maximum Gasteiger partial charge on any atom is 0.247 e. The van der Waals surface area contributed by atoms with Crippen molar-refractivity contribution in [2.24, 2.45) is 0 Å². The first kappa shape index (κ1) is 15.1. The molecule has 1 fully saturated rings. The SMILES string of the molecule is O=C1CSCN1CC(=O)N(Cc1ccsc1)c1cccnc1. The molecule has 0 bridgehead atoms. The van der Waals surface area contributed by atoms with Crippen LogP contribution in [-0.2, 0) is 16.1 Å². The molecule has 1 aliphatic heterocycles. The number of anilines is 1. The molecule has 2 aromatic heterocycles. The molecule has 0 aliphatic carbocycles. The fourth-order valence-corrected chi connectivity index (χ4v) is 3.75. The Morgan fingerprint density at radius 3 is 2.95 bits per heavy atom. The molecule has 22 heavy (non-hydrogen) atoms. The first-order valence-electron chi connectivity index (χ1n) is 6.81. The molecule has 0 aromatic carbocycles. The Morgan fingerprint density at radius 2 is 2.32 bits per heavy atom. The fraction of sp³-hybridized carbons (Fsp3) is 0.267. The van der Waals surface area contributed by atoms with Crippen LogP contribution in [0.4, 0.5) is 5.69 Å². The summed E-state index contributed by atoms with van der Waals surface area (Å²) in [7, 11) is 0. The number of carbonyl (C=O) groups excluding carboxylic acids is 2. The van der Waals surface area contributed by atoms with Crippen LogP contribution in [0.15, 0.2) is 41.4 Å². The van der Waals surface area contributed by atoms with Gasteiger partial charge in [-0.3, -0.25) is 14.6 Å². The lowest BCUT2D eigenvalue weighted by atomic mass is 10.2. The van der Waals surface area contributed by atoms with Gasteiger partial charge in [0.1, 0.15) is 6.54 Å². The van der Waals surface area contributed by atoms with Gasteiger partial charge in [0.25, 0.3) is 0 Å². The molecule has 1 aliphatic rings. The molecular weight excluding hydrogens is 318 g/mol. The van der Waals surface area contributed by atoms with Gasteiger partial charge >= 0.3 is 0 Å². The second-order valence-electron chi connectivity index (χ2n) is 4.89. The minimum atomic E-state index is -0.0879. The summed E-state index contributed by atoms with van der Waals surface area (Å²) in [6, 6.07) is 5.66. The van der Waals surface area contributed by atoms with Crippen molar-refractivity contribution in [2.75, 3.05) is 23.1 Å². The zero-order valence-corrected chi connectivity index (χ0v) is 13.5. The molecule has 0 atom stereocenters. The highest BCUT2D eigenvalue weighted by molar-refractivity contribution is 8.00. The molecule has 2 aromatic rings. The predicted octanol–water partition coefficient (Wildman–Crippen LogP) is 2.21. The van der Waals surface area contributed by atoms with Gasteiger partial charge in [-0.1, -0.05) is 0 Å². The van der Waals surface area contributed by atoms with Crippen molar-refractivity contribution in [3.63, 3.8) is 0 Å². The van der Waals surface area contributed by atoms with Crippen LogP contribution in [0.1, 0.15) is 5.56 Å². The third kappa shape index (κ3) is 3.48. The maximum absolute atomic E-state index is 12.7. The van der Waals surface area contributed by atoms with Crippen molar-refractivity contribution in [1.29, 1.82) is 0 Å². The van der Waals surface area contributed by atoms with Crippen LogP contribution < -0.4 is 4.90 Å². The van der Waals surface area contributed by atoms with Gasteiger partial charge < -0.3 is 9.80 Å². The van der Waals surface area contributed by atoms with Gasteiger partial charge in [-0.2, -0.15) is 11.3 Å². The number of amides is 2. The highest BCUT2D eigenvalue weighted by Gasteiger charge is 2.26. The number of aromatic nitrogens is 1. The van der Waals surface area contributed by atoms with Crippen LogP contribution in [0.3, 0.4) is 0 Å². The Hall–Kier alpha value is -1.86. The normalized spacial score (nSPS) is 14.4. The number of thiophene rings is 1. The van der Waals surface area contributed by atoms with Gasteiger partial charge in [0.2, 0.25) is 11.8 Å². The highest BCUT2D eigenvalue weighted by atomic mass is 32.2. The molecule has 3 heterocycles. The van der Waals surface area contributed by atoms with Crippen molar-refractivity contribution in [1.82, 2.24) is 9.88 Å². The van der Waals surface area contributed by atoms with E-state index in [0.29, 0.717) is 18.2 Å². The Bertz CT molecular complexity index is 646. The Balaban J connectivity index is 1.78. The summed E-state index contributed by atoms with van der Waals surface area (Å²) in [4.78, 5) is 31.8. The second-order valence-corrected chi connectivity index (χ2v) is 6.63. The Kier molecular flexibility index (Phi) is 4.74. The van der Waals surface area contributed by atoms with E-state index in [1.165, 1.54) is 0 Å². The van der Waals surface area contributed by atoms with Gasteiger partial charge in [-0.05, 0) is 34.5 Å². The van der Waals surface area contributed by atoms with Crippen LogP contribution in [0, 0.1) is 0 Å². The van der Waals surface area contributed by atoms with Gasteiger partial charge in [-0.25, -0.2) is 0 Å². The van der Waals surface area contributed by atoms with E-state index in [4.69, 9.17) is 0 Å². The molecule has 7 heteroatoms. The lowest BCUT2D eigenvalue weighted by Gasteiger charge is -2.24. The summed E-state index contributed by atoms with van der Waals surface area (Å²) < 4.78 is 0. The monoisotopic (exact) mass is 333 g/mol. The summed E-state index contributed by atoms with van der Waals surface area (Å²) in [5.74, 6) is 0.990. The van der Waals surface area contributed by atoms with E-state index < -0.39 is 0 Å². The third-order valence-corrected chi connectivity index (χ3v) is 5.01. The zero-order valence-electron chi connectivity index (χ0n) is 11.8. The van der Waals surface area contributed by atoms with Crippen molar-refractivity contribution in [3.8, 4) is 0 Å². The number of thioether (sulfide) groups is 1. The van der Waals surface area contributed by atoms with Crippen molar-refractivity contribution in [3.05, 3.63) is 46.9 Å². The number of pyridine rings is 1. The van der Waals surface area contributed by atoms with Gasteiger partial charge in [0, 0.05) is 6.20 Å². The average Bonchev–Trinajstić information content (AvgIpc) is 3.18. The zero-order chi connectivity index (χ0) is 15.4. The van der Waals surface area contributed by atoms with Crippen LogP contribution in [0.2, 0.25) is 0 Å². The molecule has 0 unspecified atom stereocenters. The molecule has 1 saturated heterocycles. The Labute approximate surface area is 136 Å². The number of hydrogen-bond donors (Lipinski definition) is 0. The molecule has 3 rings (SSSR count). The first-order chi connectivity index (χ1) is 10.7. The predicted molar refractivity (Wildman–Crippen MR) is 88.8 cm³/mol. The summed E-state index contributed by atoms with van der Waals surface area (Å²) in [5.41, 5.74) is 1.82. The first-order valence-corrected chi connectivity index (χ1v) is 8.91. The molecule has 0 spiro atoms. The molecule has 114 valence electrons. The largest absolute Gasteiger partial charge is 0.323 e. The van der Waals surface area contributed by atoms with E-state index in [1.54, 1.807) is 51.4 Å². The van der Waals surface area contributed by atoms with Crippen LogP contribution in [0.25, 0.3) is 0 Å². The molecule has 5 nitrogen and oxygen atoms in total. The van der Waals surface area contributed by atoms with E-state index >= 15 is 0 Å². The van der Waals surface area contributed by atoms with Crippen molar-refractivity contribution in [2.45, 2.75) is 6.54 Å². The molecule has 0 N–H and O–H groups in total. The maximum atomic E-state index is 12.7. The number of nitrogens with zero attached hydrogens (tertiary/aromatic N) is 3. The summed E-state index contributed by atoms with van der Waals surface area (Å²) in [6.07, 6.45) is 3.35. The van der Waals surface area contributed by atoms with Gasteiger partial charge in [0.15, 0.2) is 0 Å². The highest BCUT2D eigenvalue weighted by Crippen LogP contribution is 2.20. The number of rotatable bonds is 5. The molecule has 2 amide bonds. The summed E-state index contributed by atoms with van der Waals surface area (Å²) in [6.45, 7) is 0.605. The van der Waals surface area contributed by atoms with E-state index in [0.717, 1.165) is 11.3 Å². The molecular formula is C15H15N3O2S2. The topological polar surface area (TPSA) is 53.5 Å². The minimum absolute atomic E-state index is 0.0278. The average molecular weight is 333 g/mol. The van der Waals surface area contributed by atoms with E-state index in [9.17, 15) is 9.59 Å². The van der Waals surface area contributed by atoms with Crippen molar-refractivity contribution < 1.29 is 9.59 Å². The Morgan fingerprint density at radius 1 is 1.41 bits per heavy atom. The lowest BCUT2D eigenvalue weighted by Crippen LogP contribution is -2.40. The molecule has 0 radical (unpaired) electrons. The fourth-order valence-electron chi connectivity index (χ4n) is 2.19. The number of hydrogen-bond acceptors (Lipinski definition) is 5. The van der Waals surface area contributed by atoms with Gasteiger partial charge in [0.05, 0.1) is 30.1 Å². The summed E-state index contributed by atoms with van der Waals surface area (Å²) >= 11 is 3.14. The minimum Gasteiger partial charge on any atom is -0.323 e. The van der Waals surface area contributed by atoms with E-state index in [1.807, 2.05) is 22.9 Å². The lowest BCUT2D eigenvalue weighted by molar-refractivity contribution is -0.131. The van der Waals surface area contributed by atoms with E-state index in [-0.39, 0.29) is 18.4 Å². The van der Waals surface area contributed by atoms with Gasteiger partial charge in [-0.15, -0.1) is 11.8 Å². The van der Waals surface area contributed by atoms with E-state index in [2.05, 4.69) is 4.98 Å². The number of carbonyl (C=O) groups is 2. The smallest absolute Gasteiger partial charge is 0.247 e. The van der Waals surface area contributed by atoms with Crippen LogP contribution >= 0.6 is 23.1 Å². The second kappa shape index (κ2) is 6.93. The van der Waals surface area contributed by atoms with Crippen LogP contribution in [0.5, 0.6) is 0 Å². The van der Waals surface area contributed by atoms with Crippen LogP contribution in [-0.4, -0.2) is 39.9 Å². The quantitative estimate of drug-likeness (QED) is 0.842.